The van der Waals surface area contributed by atoms with Gasteiger partial charge in [0, 0.05) is 20.5 Å². The Labute approximate surface area is 119 Å². The van der Waals surface area contributed by atoms with Gasteiger partial charge in [0.25, 0.3) is 0 Å². The number of aliphatic hydroxyl groups excluding tert-OH is 2. The number of hydrogen-bond acceptors (Lipinski definition) is 7. The zero-order valence-corrected chi connectivity index (χ0v) is 11.7. The van der Waals surface area contributed by atoms with Gasteiger partial charge < -0.3 is 20.3 Å². The fourth-order valence-corrected chi connectivity index (χ4v) is 2.60. The lowest BCUT2D eigenvalue weighted by atomic mass is 10.2. The first-order valence-electron chi connectivity index (χ1n) is 6.62. The molecule has 3 atom stereocenters. The van der Waals surface area contributed by atoms with Gasteiger partial charge in [-0.15, -0.1) is 0 Å². The zero-order valence-electron chi connectivity index (χ0n) is 11.7. The molecular weight excluding hydrogens is 278 g/mol. The Morgan fingerprint density at radius 2 is 2.33 bits per heavy atom. The highest BCUT2D eigenvalue weighted by Gasteiger charge is 2.35. The maximum Gasteiger partial charge on any atom is 0.350 e. The Hall–Kier alpha value is -1.97. The summed E-state index contributed by atoms with van der Waals surface area (Å²) in [7, 11) is 3.31. The van der Waals surface area contributed by atoms with Crippen LogP contribution in [-0.2, 0) is 11.8 Å². The SMILES string of the molecule is CNc1c2ncn([C@H]3C[C@H](O)[C@@H](CO)O3)c2nc(=O)n1C. The van der Waals surface area contributed by atoms with Gasteiger partial charge in [0.2, 0.25) is 0 Å². The van der Waals surface area contributed by atoms with E-state index in [1.807, 2.05) is 0 Å². The molecule has 2 aromatic rings. The second-order valence-electron chi connectivity index (χ2n) is 4.99. The monoisotopic (exact) mass is 295 g/mol. The summed E-state index contributed by atoms with van der Waals surface area (Å²) in [5, 5.41) is 21.9. The van der Waals surface area contributed by atoms with E-state index in [2.05, 4.69) is 15.3 Å². The van der Waals surface area contributed by atoms with Crippen molar-refractivity contribution in [1.29, 1.82) is 0 Å². The minimum atomic E-state index is -0.757. The van der Waals surface area contributed by atoms with Crippen LogP contribution in [-0.4, -0.2) is 55.2 Å². The van der Waals surface area contributed by atoms with Gasteiger partial charge in [-0.1, -0.05) is 0 Å². The Morgan fingerprint density at radius 3 is 2.95 bits per heavy atom. The molecule has 0 amide bonds. The van der Waals surface area contributed by atoms with E-state index < -0.39 is 24.1 Å². The summed E-state index contributed by atoms with van der Waals surface area (Å²) in [5.74, 6) is 0.556. The highest BCUT2D eigenvalue weighted by molar-refractivity contribution is 5.83. The van der Waals surface area contributed by atoms with Crippen molar-refractivity contribution >= 4 is 17.0 Å². The minimum Gasteiger partial charge on any atom is -0.394 e. The largest absolute Gasteiger partial charge is 0.394 e. The Bertz CT molecular complexity index is 724. The van der Waals surface area contributed by atoms with E-state index in [9.17, 15) is 9.90 Å². The van der Waals surface area contributed by atoms with E-state index in [-0.39, 0.29) is 6.61 Å². The summed E-state index contributed by atoms with van der Waals surface area (Å²) >= 11 is 0. The second-order valence-corrected chi connectivity index (χ2v) is 4.99. The average Bonchev–Trinajstić information content (AvgIpc) is 3.03. The van der Waals surface area contributed by atoms with Crippen molar-refractivity contribution in [3.8, 4) is 0 Å². The van der Waals surface area contributed by atoms with Crippen LogP contribution in [0.1, 0.15) is 12.6 Å². The first-order valence-corrected chi connectivity index (χ1v) is 6.62. The molecule has 21 heavy (non-hydrogen) atoms. The Balaban J connectivity index is 2.09. The van der Waals surface area contributed by atoms with Crippen molar-refractivity contribution in [3.05, 3.63) is 16.8 Å². The molecule has 3 N–H and O–H groups in total. The lowest BCUT2D eigenvalue weighted by Gasteiger charge is -2.14. The molecule has 2 aromatic heterocycles. The Morgan fingerprint density at radius 1 is 1.57 bits per heavy atom. The van der Waals surface area contributed by atoms with Crippen molar-refractivity contribution in [2.75, 3.05) is 19.0 Å². The summed E-state index contributed by atoms with van der Waals surface area (Å²) in [5.41, 5.74) is 0.522. The Kier molecular flexibility index (Phi) is 3.40. The number of aromatic nitrogens is 4. The van der Waals surface area contributed by atoms with Gasteiger partial charge in [0.05, 0.1) is 19.0 Å². The quantitative estimate of drug-likeness (QED) is 0.652. The number of fused-ring (bicyclic) bond motifs is 1. The maximum absolute atomic E-state index is 11.9. The van der Waals surface area contributed by atoms with Crippen molar-refractivity contribution in [2.24, 2.45) is 7.05 Å². The third kappa shape index (κ3) is 2.09. The molecule has 3 rings (SSSR count). The van der Waals surface area contributed by atoms with Gasteiger partial charge in [0.15, 0.2) is 5.65 Å². The molecule has 3 heterocycles. The molecule has 1 aliphatic rings. The molecule has 0 radical (unpaired) electrons. The highest BCUT2D eigenvalue weighted by Crippen LogP contribution is 2.31. The van der Waals surface area contributed by atoms with Crippen molar-refractivity contribution < 1.29 is 14.9 Å². The molecule has 0 spiro atoms. The lowest BCUT2D eigenvalue weighted by Crippen LogP contribution is -2.24. The van der Waals surface area contributed by atoms with Crippen LogP contribution >= 0.6 is 0 Å². The smallest absolute Gasteiger partial charge is 0.350 e. The van der Waals surface area contributed by atoms with Gasteiger partial charge in [-0.2, -0.15) is 4.98 Å². The molecular formula is C12H17N5O4. The van der Waals surface area contributed by atoms with E-state index in [0.29, 0.717) is 23.4 Å². The van der Waals surface area contributed by atoms with E-state index in [0.717, 1.165) is 0 Å². The zero-order chi connectivity index (χ0) is 15.1. The lowest BCUT2D eigenvalue weighted by molar-refractivity contribution is -0.0432. The molecule has 9 nitrogen and oxygen atoms in total. The van der Waals surface area contributed by atoms with Gasteiger partial charge in [-0.25, -0.2) is 9.78 Å². The number of anilines is 1. The first-order chi connectivity index (χ1) is 10.1. The molecule has 1 fully saturated rings. The predicted octanol–water partition coefficient (Wildman–Crippen LogP) is -1.19. The molecule has 1 saturated heterocycles. The van der Waals surface area contributed by atoms with Gasteiger partial charge in [-0.05, 0) is 0 Å². The van der Waals surface area contributed by atoms with Crippen molar-refractivity contribution in [3.63, 3.8) is 0 Å². The van der Waals surface area contributed by atoms with E-state index in [1.165, 1.54) is 10.9 Å². The number of rotatable bonds is 3. The van der Waals surface area contributed by atoms with Crippen LogP contribution in [0.4, 0.5) is 5.82 Å². The average molecular weight is 295 g/mol. The van der Waals surface area contributed by atoms with Crippen molar-refractivity contribution in [1.82, 2.24) is 19.1 Å². The van der Waals surface area contributed by atoms with Crippen LogP contribution in [0.25, 0.3) is 11.2 Å². The van der Waals surface area contributed by atoms with Crippen LogP contribution in [0.3, 0.4) is 0 Å². The summed E-state index contributed by atoms with van der Waals surface area (Å²) in [4.78, 5) is 20.2. The van der Waals surface area contributed by atoms with Gasteiger partial charge in [-0.3, -0.25) is 9.13 Å². The van der Waals surface area contributed by atoms with E-state index >= 15 is 0 Å². The van der Waals surface area contributed by atoms with Crippen LogP contribution in [0, 0.1) is 0 Å². The van der Waals surface area contributed by atoms with Crippen LogP contribution < -0.4 is 11.0 Å². The summed E-state index contributed by atoms with van der Waals surface area (Å²) in [6.07, 6.45) is -0.0700. The van der Waals surface area contributed by atoms with E-state index in [4.69, 9.17) is 9.84 Å². The van der Waals surface area contributed by atoms with Gasteiger partial charge in [0.1, 0.15) is 23.7 Å². The fraction of sp³-hybridized carbons (Fsp3) is 0.583. The molecule has 0 saturated carbocycles. The number of hydrogen-bond donors (Lipinski definition) is 3. The normalized spacial score (nSPS) is 25.6. The van der Waals surface area contributed by atoms with Gasteiger partial charge >= 0.3 is 5.69 Å². The van der Waals surface area contributed by atoms with Crippen LogP contribution in [0.5, 0.6) is 0 Å². The molecule has 1 aliphatic heterocycles. The predicted molar refractivity (Wildman–Crippen MR) is 73.9 cm³/mol. The second kappa shape index (κ2) is 5.10. The molecule has 0 aliphatic carbocycles. The number of ether oxygens (including phenoxy) is 1. The molecule has 9 heteroatoms. The topological polar surface area (TPSA) is 114 Å². The van der Waals surface area contributed by atoms with Crippen LogP contribution in [0.2, 0.25) is 0 Å². The summed E-state index contributed by atoms with van der Waals surface area (Å²) in [6, 6.07) is 0. The standard InChI is InChI=1S/C12H17N5O4/c1-13-10-9-11(15-12(20)16(10)2)17(5-14-9)8-3-6(19)7(4-18)21-8/h5-8,13,18-19H,3-4H2,1-2H3/t6-,7+,8+/m0/s1. The number of imidazole rings is 1. The number of nitrogens with zero attached hydrogens (tertiary/aromatic N) is 4. The number of nitrogens with one attached hydrogen (secondary N) is 1. The highest BCUT2D eigenvalue weighted by atomic mass is 16.5. The first kappa shape index (κ1) is 14.0. The molecule has 0 aromatic carbocycles. The molecule has 0 bridgehead atoms. The summed E-state index contributed by atoms with van der Waals surface area (Å²) in [6.45, 7) is -0.263. The maximum atomic E-state index is 11.9. The van der Waals surface area contributed by atoms with Crippen LogP contribution in [0.15, 0.2) is 11.1 Å². The summed E-state index contributed by atoms with van der Waals surface area (Å²) < 4.78 is 8.56. The minimum absolute atomic E-state index is 0.263. The molecule has 0 unspecified atom stereocenters. The third-order valence-electron chi connectivity index (χ3n) is 3.75. The third-order valence-corrected chi connectivity index (χ3v) is 3.75. The molecule has 114 valence electrons. The fourth-order valence-electron chi connectivity index (χ4n) is 2.60. The number of aliphatic hydroxyl groups is 2. The van der Waals surface area contributed by atoms with E-state index in [1.54, 1.807) is 18.7 Å². The van der Waals surface area contributed by atoms with Crippen molar-refractivity contribution in [2.45, 2.75) is 24.9 Å².